The third kappa shape index (κ3) is 3.68. The first-order chi connectivity index (χ1) is 11.3. The zero-order chi connectivity index (χ0) is 16.1. The Hall–Kier alpha value is -2.40. The summed E-state index contributed by atoms with van der Waals surface area (Å²) in [5, 5.41) is 3.31. The van der Waals surface area contributed by atoms with Crippen LogP contribution in [0.1, 0.15) is 16.8 Å². The average Bonchev–Trinajstić information content (AvgIpc) is 2.91. The molecule has 1 aromatic carbocycles. The SMILES string of the molecule is COc1ccc(-c2cncc(C(=O)N3CCCNCC3)c2)cc1. The topological polar surface area (TPSA) is 54.5 Å². The van der Waals surface area contributed by atoms with Gasteiger partial charge in [0.1, 0.15) is 5.75 Å². The van der Waals surface area contributed by atoms with Crippen molar-refractivity contribution >= 4 is 5.91 Å². The van der Waals surface area contributed by atoms with Crippen molar-refractivity contribution in [3.8, 4) is 16.9 Å². The van der Waals surface area contributed by atoms with E-state index >= 15 is 0 Å². The van der Waals surface area contributed by atoms with Crippen molar-refractivity contribution in [2.45, 2.75) is 6.42 Å². The number of carbonyl (C=O) groups excluding carboxylic acids is 1. The Bertz CT molecular complexity index is 662. The van der Waals surface area contributed by atoms with Gasteiger partial charge in [0.15, 0.2) is 0 Å². The molecule has 2 heterocycles. The molecule has 3 rings (SSSR count). The van der Waals surface area contributed by atoms with Crippen LogP contribution in [0.2, 0.25) is 0 Å². The van der Waals surface area contributed by atoms with Crippen LogP contribution < -0.4 is 10.1 Å². The van der Waals surface area contributed by atoms with Gasteiger partial charge in [-0.1, -0.05) is 12.1 Å². The molecule has 1 amide bonds. The Morgan fingerprint density at radius 3 is 2.74 bits per heavy atom. The minimum absolute atomic E-state index is 0.0524. The van der Waals surface area contributed by atoms with Gasteiger partial charge in [0, 0.05) is 37.6 Å². The second-order valence-corrected chi connectivity index (χ2v) is 5.59. The van der Waals surface area contributed by atoms with E-state index in [1.807, 2.05) is 35.2 Å². The van der Waals surface area contributed by atoms with Crippen LogP contribution in [-0.2, 0) is 0 Å². The number of nitrogens with one attached hydrogen (secondary N) is 1. The Labute approximate surface area is 136 Å². The molecule has 5 nitrogen and oxygen atoms in total. The van der Waals surface area contributed by atoms with Gasteiger partial charge in [-0.25, -0.2) is 0 Å². The molecule has 1 aliphatic rings. The van der Waals surface area contributed by atoms with Gasteiger partial charge in [-0.3, -0.25) is 9.78 Å². The van der Waals surface area contributed by atoms with E-state index in [9.17, 15) is 4.79 Å². The van der Waals surface area contributed by atoms with Gasteiger partial charge in [-0.05, 0) is 36.7 Å². The van der Waals surface area contributed by atoms with E-state index in [2.05, 4.69) is 10.3 Å². The highest BCUT2D eigenvalue weighted by molar-refractivity contribution is 5.95. The standard InChI is InChI=1S/C18H21N3O2/c1-23-17-5-3-14(4-6-17)15-11-16(13-20-12-15)18(22)21-9-2-7-19-8-10-21/h3-6,11-13,19H,2,7-10H2,1H3. The summed E-state index contributed by atoms with van der Waals surface area (Å²) in [5.74, 6) is 0.863. The van der Waals surface area contributed by atoms with E-state index in [-0.39, 0.29) is 5.91 Å². The lowest BCUT2D eigenvalue weighted by Crippen LogP contribution is -2.34. The lowest BCUT2D eigenvalue weighted by atomic mass is 10.1. The van der Waals surface area contributed by atoms with Gasteiger partial charge in [0.25, 0.3) is 5.91 Å². The van der Waals surface area contributed by atoms with Gasteiger partial charge in [0.2, 0.25) is 0 Å². The molecule has 0 aliphatic carbocycles. The summed E-state index contributed by atoms with van der Waals surface area (Å²) in [7, 11) is 1.64. The molecule has 120 valence electrons. The van der Waals surface area contributed by atoms with Crippen molar-refractivity contribution < 1.29 is 9.53 Å². The fourth-order valence-electron chi connectivity index (χ4n) is 2.73. The molecule has 1 N–H and O–H groups in total. The monoisotopic (exact) mass is 311 g/mol. The van der Waals surface area contributed by atoms with Crippen molar-refractivity contribution in [2.75, 3.05) is 33.3 Å². The van der Waals surface area contributed by atoms with Crippen LogP contribution in [0.3, 0.4) is 0 Å². The first kappa shape index (κ1) is 15.5. The van der Waals surface area contributed by atoms with E-state index in [4.69, 9.17) is 4.74 Å². The van der Waals surface area contributed by atoms with Crippen LogP contribution in [0.4, 0.5) is 0 Å². The number of hydrogen-bond donors (Lipinski definition) is 1. The number of ether oxygens (including phenoxy) is 1. The Kier molecular flexibility index (Phi) is 4.88. The van der Waals surface area contributed by atoms with Crippen LogP contribution >= 0.6 is 0 Å². The highest BCUT2D eigenvalue weighted by Crippen LogP contribution is 2.23. The number of carbonyl (C=O) groups is 1. The number of benzene rings is 1. The zero-order valence-electron chi connectivity index (χ0n) is 13.3. The lowest BCUT2D eigenvalue weighted by molar-refractivity contribution is 0.0766. The highest BCUT2D eigenvalue weighted by Gasteiger charge is 2.17. The summed E-state index contributed by atoms with van der Waals surface area (Å²) in [4.78, 5) is 18.8. The largest absolute Gasteiger partial charge is 0.497 e. The van der Waals surface area contributed by atoms with Gasteiger partial charge < -0.3 is 15.0 Å². The minimum atomic E-state index is 0.0524. The first-order valence-corrected chi connectivity index (χ1v) is 7.87. The van der Waals surface area contributed by atoms with E-state index in [1.54, 1.807) is 19.5 Å². The maximum absolute atomic E-state index is 12.7. The minimum Gasteiger partial charge on any atom is -0.497 e. The van der Waals surface area contributed by atoms with Crippen LogP contribution in [0.25, 0.3) is 11.1 Å². The van der Waals surface area contributed by atoms with Gasteiger partial charge in [-0.15, -0.1) is 0 Å². The van der Waals surface area contributed by atoms with E-state index in [1.165, 1.54) is 0 Å². The molecule has 0 spiro atoms. The average molecular weight is 311 g/mol. The van der Waals surface area contributed by atoms with Crippen molar-refractivity contribution in [3.63, 3.8) is 0 Å². The van der Waals surface area contributed by atoms with Crippen LogP contribution in [-0.4, -0.2) is 49.1 Å². The maximum Gasteiger partial charge on any atom is 0.255 e. The summed E-state index contributed by atoms with van der Waals surface area (Å²) in [6, 6.07) is 9.67. The fourth-order valence-corrected chi connectivity index (χ4v) is 2.73. The summed E-state index contributed by atoms with van der Waals surface area (Å²) >= 11 is 0. The third-order valence-electron chi connectivity index (χ3n) is 4.04. The molecule has 0 bridgehead atoms. The predicted molar refractivity (Wildman–Crippen MR) is 89.6 cm³/mol. The first-order valence-electron chi connectivity index (χ1n) is 7.87. The molecule has 1 fully saturated rings. The van der Waals surface area contributed by atoms with Crippen LogP contribution in [0.15, 0.2) is 42.7 Å². The predicted octanol–water partition coefficient (Wildman–Crippen LogP) is 2.19. The van der Waals surface area contributed by atoms with Crippen molar-refractivity contribution in [1.82, 2.24) is 15.2 Å². The molecular formula is C18H21N3O2. The summed E-state index contributed by atoms with van der Waals surface area (Å²) in [6.45, 7) is 3.34. The number of amides is 1. The molecule has 0 atom stereocenters. The van der Waals surface area contributed by atoms with Crippen molar-refractivity contribution in [1.29, 1.82) is 0 Å². The number of methoxy groups -OCH3 is 1. The highest BCUT2D eigenvalue weighted by atomic mass is 16.5. The number of pyridine rings is 1. The Morgan fingerprint density at radius 2 is 1.96 bits per heavy atom. The number of hydrogen-bond acceptors (Lipinski definition) is 4. The van der Waals surface area contributed by atoms with Gasteiger partial charge in [-0.2, -0.15) is 0 Å². The van der Waals surface area contributed by atoms with Gasteiger partial charge in [0.05, 0.1) is 12.7 Å². The van der Waals surface area contributed by atoms with Crippen molar-refractivity contribution in [2.24, 2.45) is 0 Å². The molecule has 2 aromatic rings. The number of rotatable bonds is 3. The number of aromatic nitrogens is 1. The van der Waals surface area contributed by atoms with Crippen LogP contribution in [0.5, 0.6) is 5.75 Å². The molecule has 0 saturated carbocycles. The molecule has 5 heteroatoms. The van der Waals surface area contributed by atoms with E-state index in [0.717, 1.165) is 49.5 Å². The maximum atomic E-state index is 12.7. The summed E-state index contributed by atoms with van der Waals surface area (Å²) < 4.78 is 5.18. The summed E-state index contributed by atoms with van der Waals surface area (Å²) in [6.07, 6.45) is 4.41. The third-order valence-corrected chi connectivity index (χ3v) is 4.04. The molecule has 1 aliphatic heterocycles. The fraction of sp³-hybridized carbons (Fsp3) is 0.333. The smallest absolute Gasteiger partial charge is 0.255 e. The zero-order valence-corrected chi connectivity index (χ0v) is 13.3. The molecular weight excluding hydrogens is 290 g/mol. The van der Waals surface area contributed by atoms with Crippen LogP contribution in [0, 0.1) is 0 Å². The van der Waals surface area contributed by atoms with Gasteiger partial charge >= 0.3 is 0 Å². The Morgan fingerprint density at radius 1 is 1.13 bits per heavy atom. The van der Waals surface area contributed by atoms with E-state index in [0.29, 0.717) is 5.56 Å². The lowest BCUT2D eigenvalue weighted by Gasteiger charge is -2.20. The molecule has 1 aromatic heterocycles. The normalized spacial score (nSPS) is 15.1. The molecule has 23 heavy (non-hydrogen) atoms. The second kappa shape index (κ2) is 7.24. The summed E-state index contributed by atoms with van der Waals surface area (Å²) in [5.41, 5.74) is 2.59. The van der Waals surface area contributed by atoms with E-state index < -0.39 is 0 Å². The quantitative estimate of drug-likeness (QED) is 0.944. The Balaban J connectivity index is 1.82. The second-order valence-electron chi connectivity index (χ2n) is 5.59. The molecule has 0 unspecified atom stereocenters. The molecule has 1 saturated heterocycles. The number of nitrogens with zero attached hydrogens (tertiary/aromatic N) is 2. The molecule has 0 radical (unpaired) electrons. The van der Waals surface area contributed by atoms with Crippen molar-refractivity contribution in [3.05, 3.63) is 48.3 Å².